The molecule has 1 aromatic heterocycles. The molecule has 2 N–H and O–H groups in total. The van der Waals surface area contributed by atoms with E-state index in [1.807, 2.05) is 28.1 Å². The molecular weight excluding hydrogens is 152 g/mol. The third kappa shape index (κ3) is 1.71. The number of nitrogens with zero attached hydrogens (tertiary/aromatic N) is 3. The van der Waals surface area contributed by atoms with Crippen molar-refractivity contribution >= 4 is 11.8 Å². The van der Waals surface area contributed by atoms with Gasteiger partial charge in [-0.25, -0.2) is 0 Å². The zero-order valence-corrected chi connectivity index (χ0v) is 8.00. The van der Waals surface area contributed by atoms with Crippen LogP contribution in [0.1, 0.15) is 5.56 Å². The van der Waals surface area contributed by atoms with E-state index in [-0.39, 0.29) is 0 Å². The van der Waals surface area contributed by atoms with Crippen molar-refractivity contribution in [1.29, 1.82) is 0 Å². The number of nitrogen functional groups attached to an aromatic ring is 1. The first-order valence-electron chi connectivity index (χ1n) is 3.82. The molecule has 1 aromatic rings. The van der Waals surface area contributed by atoms with Crippen molar-refractivity contribution < 1.29 is 0 Å². The molecule has 1 heterocycles. The fraction of sp³-hybridized carbons (Fsp3) is 0.500. The van der Waals surface area contributed by atoms with E-state index in [0.717, 1.165) is 11.5 Å². The number of aromatic nitrogens is 2. The van der Waals surface area contributed by atoms with E-state index in [1.165, 1.54) is 0 Å². The van der Waals surface area contributed by atoms with E-state index in [0.29, 0.717) is 10.3 Å². The summed E-state index contributed by atoms with van der Waals surface area (Å²) in [6.45, 7) is 1.90. The van der Waals surface area contributed by atoms with Gasteiger partial charge in [0.2, 0.25) is 0 Å². The van der Waals surface area contributed by atoms with E-state index < -0.39 is 0 Å². The minimum Gasteiger partial charge on any atom is -0.383 e. The molecule has 0 radical (unpaired) electrons. The number of hydrogen-bond donors (Lipinski definition) is 1. The predicted molar refractivity (Wildman–Crippen MR) is 50.7 cm³/mol. The number of anilines is 1. The van der Waals surface area contributed by atoms with Crippen molar-refractivity contribution in [2.45, 2.75) is 6.92 Å². The Bertz CT molecular complexity index is 288. The Kier molecular flexibility index (Phi) is 2.02. The summed E-state index contributed by atoms with van der Waals surface area (Å²) >= 11 is 0. The van der Waals surface area contributed by atoms with Gasteiger partial charge in [-0.15, -0.1) is 0 Å². The standard InChI is InChI=1S/C8H15N4/c1-6-5-10-8(11-7(6)9)12(2,3)4/h5H,1-4H3,(H2,9,10,11)/q+1. The first-order chi connectivity index (χ1) is 5.41. The van der Waals surface area contributed by atoms with Crippen LogP contribution in [0.5, 0.6) is 0 Å². The normalized spacial score (nSPS) is 11.7. The van der Waals surface area contributed by atoms with Crippen molar-refractivity contribution in [1.82, 2.24) is 14.5 Å². The summed E-state index contributed by atoms with van der Waals surface area (Å²) in [5, 5.41) is 0. The van der Waals surface area contributed by atoms with Gasteiger partial charge in [-0.2, -0.15) is 9.97 Å². The molecule has 0 saturated carbocycles. The van der Waals surface area contributed by atoms with Crippen molar-refractivity contribution in [3.8, 4) is 0 Å². The Hall–Kier alpha value is -1.16. The smallest absolute Gasteiger partial charge is 0.330 e. The van der Waals surface area contributed by atoms with E-state index in [9.17, 15) is 0 Å². The molecule has 4 nitrogen and oxygen atoms in total. The molecule has 12 heavy (non-hydrogen) atoms. The second-order valence-corrected chi connectivity index (χ2v) is 3.75. The highest BCUT2D eigenvalue weighted by Crippen LogP contribution is 2.13. The van der Waals surface area contributed by atoms with Crippen LogP contribution in [0.15, 0.2) is 6.20 Å². The van der Waals surface area contributed by atoms with Crippen LogP contribution in [0.3, 0.4) is 0 Å². The number of quaternary nitrogens is 1. The van der Waals surface area contributed by atoms with Crippen LogP contribution in [-0.4, -0.2) is 31.1 Å². The fourth-order valence-electron chi connectivity index (χ4n) is 0.769. The molecule has 4 heteroatoms. The summed E-state index contributed by atoms with van der Waals surface area (Å²) in [6, 6.07) is 0. The number of aryl methyl sites for hydroxylation is 1. The molecule has 0 atom stereocenters. The van der Waals surface area contributed by atoms with Crippen LogP contribution in [-0.2, 0) is 0 Å². The molecule has 0 aliphatic heterocycles. The maximum atomic E-state index is 5.66. The van der Waals surface area contributed by atoms with Gasteiger partial charge in [0.25, 0.3) is 0 Å². The molecule has 0 aliphatic carbocycles. The van der Waals surface area contributed by atoms with Crippen molar-refractivity contribution in [2.75, 3.05) is 26.9 Å². The van der Waals surface area contributed by atoms with Crippen LogP contribution in [0.2, 0.25) is 0 Å². The molecule has 0 fully saturated rings. The molecule has 0 aliphatic rings. The van der Waals surface area contributed by atoms with Gasteiger partial charge in [-0.3, -0.25) is 4.48 Å². The third-order valence-corrected chi connectivity index (χ3v) is 1.60. The molecular formula is C8H15N4+. The lowest BCUT2D eigenvalue weighted by molar-refractivity contribution is 0.459. The number of nitrogens with two attached hydrogens (primary N) is 1. The molecule has 0 spiro atoms. The maximum Gasteiger partial charge on any atom is 0.330 e. The number of hydrogen-bond acceptors (Lipinski definition) is 3. The largest absolute Gasteiger partial charge is 0.383 e. The fourth-order valence-corrected chi connectivity index (χ4v) is 0.769. The van der Waals surface area contributed by atoms with Crippen molar-refractivity contribution in [2.24, 2.45) is 0 Å². The Morgan fingerprint density at radius 2 is 1.92 bits per heavy atom. The van der Waals surface area contributed by atoms with Crippen molar-refractivity contribution in [3.05, 3.63) is 11.8 Å². The van der Waals surface area contributed by atoms with Crippen LogP contribution in [0.4, 0.5) is 11.8 Å². The quantitative estimate of drug-likeness (QED) is 0.622. The van der Waals surface area contributed by atoms with Gasteiger partial charge in [-0.1, -0.05) is 0 Å². The molecule has 0 saturated heterocycles. The summed E-state index contributed by atoms with van der Waals surface area (Å²) in [5.41, 5.74) is 6.58. The second kappa shape index (κ2) is 2.71. The van der Waals surface area contributed by atoms with E-state index >= 15 is 0 Å². The highest BCUT2D eigenvalue weighted by Gasteiger charge is 2.16. The predicted octanol–water partition coefficient (Wildman–Crippen LogP) is 0.564. The first-order valence-corrected chi connectivity index (χ1v) is 3.82. The number of rotatable bonds is 1. The highest BCUT2D eigenvalue weighted by atomic mass is 15.4. The molecule has 0 amide bonds. The van der Waals surface area contributed by atoms with Gasteiger partial charge in [0.15, 0.2) is 0 Å². The molecule has 0 aromatic carbocycles. The zero-order chi connectivity index (χ0) is 9.35. The van der Waals surface area contributed by atoms with Gasteiger partial charge in [-0.05, 0) is 6.92 Å². The Morgan fingerprint density at radius 1 is 1.33 bits per heavy atom. The van der Waals surface area contributed by atoms with E-state index in [4.69, 9.17) is 5.73 Å². The maximum absolute atomic E-state index is 5.66. The molecule has 0 unspecified atom stereocenters. The summed E-state index contributed by atoms with van der Waals surface area (Å²) in [4.78, 5) is 8.37. The third-order valence-electron chi connectivity index (χ3n) is 1.60. The van der Waals surface area contributed by atoms with E-state index in [1.54, 1.807) is 6.20 Å². The van der Waals surface area contributed by atoms with Crippen LogP contribution in [0, 0.1) is 6.92 Å². The molecule has 66 valence electrons. The Morgan fingerprint density at radius 3 is 2.33 bits per heavy atom. The van der Waals surface area contributed by atoms with Gasteiger partial charge < -0.3 is 5.73 Å². The van der Waals surface area contributed by atoms with Crippen LogP contribution in [0.25, 0.3) is 0 Å². The summed E-state index contributed by atoms with van der Waals surface area (Å²) in [5.74, 6) is 1.30. The first kappa shape index (κ1) is 8.93. The SMILES string of the molecule is Cc1cnc([N+](C)(C)C)nc1N. The minimum absolute atomic E-state index is 0.563. The summed E-state index contributed by atoms with van der Waals surface area (Å²) in [7, 11) is 6.01. The zero-order valence-electron chi connectivity index (χ0n) is 8.00. The monoisotopic (exact) mass is 167 g/mol. The minimum atomic E-state index is 0.563. The van der Waals surface area contributed by atoms with Crippen LogP contribution >= 0.6 is 0 Å². The molecule has 1 rings (SSSR count). The Labute approximate surface area is 72.6 Å². The highest BCUT2D eigenvalue weighted by molar-refractivity contribution is 5.41. The summed E-state index contributed by atoms with van der Waals surface area (Å²) < 4.78 is 0.588. The lowest BCUT2D eigenvalue weighted by Crippen LogP contribution is -2.36. The average molecular weight is 167 g/mol. The van der Waals surface area contributed by atoms with Gasteiger partial charge >= 0.3 is 5.95 Å². The summed E-state index contributed by atoms with van der Waals surface area (Å²) in [6.07, 6.45) is 1.75. The van der Waals surface area contributed by atoms with Gasteiger partial charge in [0.1, 0.15) is 5.82 Å². The lowest BCUT2D eigenvalue weighted by atomic mass is 10.3. The van der Waals surface area contributed by atoms with E-state index in [2.05, 4.69) is 9.97 Å². The van der Waals surface area contributed by atoms with Crippen molar-refractivity contribution in [3.63, 3.8) is 0 Å². The van der Waals surface area contributed by atoms with Crippen LogP contribution < -0.4 is 10.2 Å². The average Bonchev–Trinajstić information content (AvgIpc) is 1.92. The topological polar surface area (TPSA) is 51.8 Å². The molecule has 0 bridgehead atoms. The second-order valence-electron chi connectivity index (χ2n) is 3.75. The van der Waals surface area contributed by atoms with Gasteiger partial charge in [0, 0.05) is 11.8 Å². The Balaban J connectivity index is 3.14. The lowest BCUT2D eigenvalue weighted by Gasteiger charge is -2.20. The van der Waals surface area contributed by atoms with Gasteiger partial charge in [0.05, 0.1) is 21.1 Å².